The molecule has 0 aliphatic carbocycles. The molecule has 0 N–H and O–H groups in total. The summed E-state index contributed by atoms with van der Waals surface area (Å²) in [7, 11) is -3.51. The molecule has 2 aromatic rings. The van der Waals surface area contributed by atoms with Crippen molar-refractivity contribution in [1.82, 2.24) is 20.2 Å². The van der Waals surface area contributed by atoms with E-state index in [2.05, 4.69) is 15.5 Å². The lowest BCUT2D eigenvalue weighted by Crippen LogP contribution is -2.08. The van der Waals surface area contributed by atoms with Gasteiger partial charge < -0.3 is 0 Å². The van der Waals surface area contributed by atoms with Crippen LogP contribution in [0.3, 0.4) is 0 Å². The van der Waals surface area contributed by atoms with Crippen LogP contribution < -0.4 is 0 Å². The maximum Gasteiger partial charge on any atom is 0.272 e. The zero-order valence-electron chi connectivity index (χ0n) is 8.50. The molecule has 1 aromatic heterocycles. The van der Waals surface area contributed by atoms with Crippen LogP contribution in [0.4, 0.5) is 0 Å². The highest BCUT2D eigenvalue weighted by Crippen LogP contribution is 2.24. The molecule has 6 nitrogen and oxygen atoms in total. The number of sulfone groups is 1. The van der Waals surface area contributed by atoms with Crippen molar-refractivity contribution in [1.29, 1.82) is 0 Å². The molecule has 17 heavy (non-hydrogen) atoms. The first-order valence-corrected chi connectivity index (χ1v) is 6.98. The van der Waals surface area contributed by atoms with Gasteiger partial charge in [0.25, 0.3) is 5.16 Å². The Kier molecular flexibility index (Phi) is 3.07. The van der Waals surface area contributed by atoms with Crippen molar-refractivity contribution in [2.75, 3.05) is 6.26 Å². The van der Waals surface area contributed by atoms with Crippen LogP contribution in [-0.2, 0) is 9.84 Å². The van der Waals surface area contributed by atoms with Crippen LogP contribution in [0.2, 0.25) is 10.0 Å². The van der Waals surface area contributed by atoms with Gasteiger partial charge in [0.15, 0.2) is 0 Å². The summed E-state index contributed by atoms with van der Waals surface area (Å²) in [5.74, 6) is 0. The summed E-state index contributed by atoms with van der Waals surface area (Å²) < 4.78 is 23.9. The summed E-state index contributed by atoms with van der Waals surface area (Å²) in [5.41, 5.74) is 0.421. The van der Waals surface area contributed by atoms with Gasteiger partial charge in [-0.05, 0) is 28.6 Å². The van der Waals surface area contributed by atoms with Crippen LogP contribution in [0.5, 0.6) is 0 Å². The number of halogens is 2. The quantitative estimate of drug-likeness (QED) is 0.835. The van der Waals surface area contributed by atoms with Gasteiger partial charge in [0.1, 0.15) is 0 Å². The third kappa shape index (κ3) is 2.41. The van der Waals surface area contributed by atoms with E-state index in [1.165, 1.54) is 12.1 Å². The number of nitrogens with zero attached hydrogens (tertiary/aromatic N) is 4. The molecule has 2 rings (SSSR count). The van der Waals surface area contributed by atoms with E-state index in [-0.39, 0.29) is 5.16 Å². The Morgan fingerprint density at radius 1 is 1.24 bits per heavy atom. The molecule has 1 aromatic carbocycles. The highest BCUT2D eigenvalue weighted by molar-refractivity contribution is 7.90. The number of rotatable bonds is 2. The van der Waals surface area contributed by atoms with Gasteiger partial charge in [0.2, 0.25) is 9.84 Å². The minimum Gasteiger partial charge on any atom is -0.221 e. The molecule has 0 atom stereocenters. The SMILES string of the molecule is CS(=O)(=O)c1nnnn1-c1ccc(Cl)c(Cl)c1. The topological polar surface area (TPSA) is 77.7 Å². The summed E-state index contributed by atoms with van der Waals surface area (Å²) in [6.07, 6.45) is 1.02. The van der Waals surface area contributed by atoms with Crippen molar-refractivity contribution in [2.24, 2.45) is 0 Å². The van der Waals surface area contributed by atoms with Gasteiger partial charge in [0, 0.05) is 6.26 Å². The summed E-state index contributed by atoms with van der Waals surface area (Å²) >= 11 is 11.6. The predicted molar refractivity (Wildman–Crippen MR) is 62.3 cm³/mol. The summed E-state index contributed by atoms with van der Waals surface area (Å²) in [4.78, 5) is 0. The summed E-state index contributed by atoms with van der Waals surface area (Å²) in [6, 6.07) is 4.58. The lowest BCUT2D eigenvalue weighted by Gasteiger charge is -2.04. The Balaban J connectivity index is 2.62. The minimum atomic E-state index is -3.51. The standard InChI is InChI=1S/C8H6Cl2N4O2S/c1-17(15,16)8-11-12-13-14(8)5-2-3-6(9)7(10)4-5/h2-4H,1H3. The molecular formula is C8H6Cl2N4O2S. The van der Waals surface area contributed by atoms with Gasteiger partial charge in [0.05, 0.1) is 15.7 Å². The second-order valence-electron chi connectivity index (χ2n) is 3.24. The molecular weight excluding hydrogens is 287 g/mol. The Morgan fingerprint density at radius 3 is 2.53 bits per heavy atom. The second-order valence-corrected chi connectivity index (χ2v) is 5.97. The van der Waals surface area contributed by atoms with Gasteiger partial charge in [-0.3, -0.25) is 0 Å². The molecule has 9 heteroatoms. The zero-order chi connectivity index (χ0) is 12.6. The van der Waals surface area contributed by atoms with Crippen molar-refractivity contribution in [2.45, 2.75) is 5.16 Å². The predicted octanol–water partition coefficient (Wildman–Crippen LogP) is 1.37. The second kappa shape index (κ2) is 4.25. The van der Waals surface area contributed by atoms with Crippen molar-refractivity contribution < 1.29 is 8.42 Å². The highest BCUT2D eigenvalue weighted by Gasteiger charge is 2.18. The van der Waals surface area contributed by atoms with Crippen LogP contribution in [0, 0.1) is 0 Å². The first kappa shape index (κ1) is 12.3. The lowest BCUT2D eigenvalue weighted by atomic mass is 10.3. The van der Waals surface area contributed by atoms with Gasteiger partial charge in [-0.2, -0.15) is 4.68 Å². The average molecular weight is 293 g/mol. The first-order chi connectivity index (χ1) is 7.89. The molecule has 0 spiro atoms. The van der Waals surface area contributed by atoms with Crippen molar-refractivity contribution in [3.05, 3.63) is 28.2 Å². The third-order valence-corrected chi connectivity index (χ3v) is 3.58. The van der Waals surface area contributed by atoms with Gasteiger partial charge in [-0.15, -0.1) is 0 Å². The molecule has 1 heterocycles. The molecule has 0 amide bonds. The Hall–Kier alpha value is -1.18. The fraction of sp³-hybridized carbons (Fsp3) is 0.125. The maximum absolute atomic E-state index is 11.4. The van der Waals surface area contributed by atoms with E-state index < -0.39 is 9.84 Å². The van der Waals surface area contributed by atoms with E-state index in [9.17, 15) is 8.42 Å². The molecule has 0 saturated heterocycles. The highest BCUT2D eigenvalue weighted by atomic mass is 35.5. The van der Waals surface area contributed by atoms with E-state index >= 15 is 0 Å². The minimum absolute atomic E-state index is 0.254. The average Bonchev–Trinajstić information content (AvgIpc) is 2.70. The van der Waals surface area contributed by atoms with Gasteiger partial charge >= 0.3 is 0 Å². The Bertz CT molecular complexity index is 668. The number of tetrazole rings is 1. The number of benzene rings is 1. The van der Waals surface area contributed by atoms with Crippen LogP contribution in [0.25, 0.3) is 5.69 Å². The summed E-state index contributed by atoms with van der Waals surface area (Å²) in [6.45, 7) is 0. The zero-order valence-corrected chi connectivity index (χ0v) is 10.8. The number of aromatic nitrogens is 4. The largest absolute Gasteiger partial charge is 0.272 e. The van der Waals surface area contributed by atoms with E-state index in [1.54, 1.807) is 6.07 Å². The Morgan fingerprint density at radius 2 is 1.94 bits per heavy atom. The van der Waals surface area contributed by atoms with Crippen molar-refractivity contribution in [3.63, 3.8) is 0 Å². The monoisotopic (exact) mass is 292 g/mol. The number of hydrogen-bond acceptors (Lipinski definition) is 5. The van der Waals surface area contributed by atoms with E-state index in [1.807, 2.05) is 0 Å². The molecule has 90 valence electrons. The van der Waals surface area contributed by atoms with Crippen LogP contribution in [0.15, 0.2) is 23.4 Å². The van der Waals surface area contributed by atoms with Crippen LogP contribution >= 0.6 is 23.2 Å². The molecule has 0 saturated carbocycles. The summed E-state index contributed by atoms with van der Waals surface area (Å²) in [5, 5.41) is 10.8. The van der Waals surface area contributed by atoms with E-state index in [0.717, 1.165) is 10.9 Å². The molecule has 0 aliphatic rings. The van der Waals surface area contributed by atoms with Crippen LogP contribution in [-0.4, -0.2) is 34.9 Å². The number of hydrogen-bond donors (Lipinski definition) is 0. The lowest BCUT2D eigenvalue weighted by molar-refractivity contribution is 0.586. The molecule has 0 unspecified atom stereocenters. The smallest absolute Gasteiger partial charge is 0.221 e. The van der Waals surface area contributed by atoms with Crippen molar-refractivity contribution in [3.8, 4) is 5.69 Å². The van der Waals surface area contributed by atoms with Crippen LogP contribution in [0.1, 0.15) is 0 Å². The molecule has 0 radical (unpaired) electrons. The third-order valence-electron chi connectivity index (χ3n) is 1.92. The van der Waals surface area contributed by atoms with Gasteiger partial charge in [-0.1, -0.05) is 28.3 Å². The van der Waals surface area contributed by atoms with Crippen molar-refractivity contribution >= 4 is 33.0 Å². The normalized spacial score (nSPS) is 11.7. The molecule has 0 fully saturated rings. The maximum atomic E-state index is 11.4. The van der Waals surface area contributed by atoms with E-state index in [4.69, 9.17) is 23.2 Å². The van der Waals surface area contributed by atoms with E-state index in [0.29, 0.717) is 15.7 Å². The fourth-order valence-electron chi connectivity index (χ4n) is 1.19. The molecule has 0 bridgehead atoms. The van der Waals surface area contributed by atoms with Gasteiger partial charge in [-0.25, -0.2) is 8.42 Å². The Labute approximate surface area is 107 Å². The first-order valence-electron chi connectivity index (χ1n) is 4.33. The molecule has 0 aliphatic heterocycles. The fourth-order valence-corrected chi connectivity index (χ4v) is 2.12.